The minimum Gasteiger partial charge on any atom is -0.402 e. The molecule has 0 saturated heterocycles. The van der Waals surface area contributed by atoms with E-state index in [-0.39, 0.29) is 11.6 Å². The van der Waals surface area contributed by atoms with Gasteiger partial charge in [-0.15, -0.1) is 0 Å². The predicted octanol–water partition coefficient (Wildman–Crippen LogP) is 4.34. The number of halogens is 2. The topological polar surface area (TPSA) is 38.7 Å². The van der Waals surface area contributed by atoms with Gasteiger partial charge in [0.1, 0.15) is 0 Å². The largest absolute Gasteiger partial charge is 0.402 e. The average molecular weight is 318 g/mol. The summed E-state index contributed by atoms with van der Waals surface area (Å²) in [6, 6.07) is 14.2. The lowest BCUT2D eigenvalue weighted by atomic mass is 10.2. The zero-order valence-corrected chi connectivity index (χ0v) is 12.2. The van der Waals surface area contributed by atoms with Gasteiger partial charge in [0.2, 0.25) is 5.90 Å². The third-order valence-corrected chi connectivity index (χ3v) is 3.47. The van der Waals surface area contributed by atoms with Crippen molar-refractivity contribution < 1.29 is 9.53 Å². The first-order chi connectivity index (χ1) is 10.1. The van der Waals surface area contributed by atoms with Gasteiger partial charge in [0.15, 0.2) is 5.70 Å². The molecule has 0 unspecified atom stereocenters. The van der Waals surface area contributed by atoms with Gasteiger partial charge >= 0.3 is 5.97 Å². The number of hydrogen-bond donors (Lipinski definition) is 0. The summed E-state index contributed by atoms with van der Waals surface area (Å²) in [5.74, 6) is -0.273. The van der Waals surface area contributed by atoms with Gasteiger partial charge in [0.25, 0.3) is 0 Å². The van der Waals surface area contributed by atoms with Crippen molar-refractivity contribution in [1.82, 2.24) is 0 Å². The number of ether oxygens (including phenoxy) is 1. The molecular formula is C16H9Cl2NO2. The zero-order valence-electron chi connectivity index (χ0n) is 10.7. The lowest BCUT2D eigenvalue weighted by Gasteiger charge is -1.99. The molecule has 1 heterocycles. The summed E-state index contributed by atoms with van der Waals surface area (Å²) in [4.78, 5) is 16.1. The summed E-state index contributed by atoms with van der Waals surface area (Å²) in [7, 11) is 0. The van der Waals surface area contributed by atoms with Crippen molar-refractivity contribution in [3.63, 3.8) is 0 Å². The van der Waals surface area contributed by atoms with E-state index in [0.717, 1.165) is 0 Å². The van der Waals surface area contributed by atoms with E-state index in [1.807, 2.05) is 12.1 Å². The number of benzene rings is 2. The highest BCUT2D eigenvalue weighted by atomic mass is 35.5. The van der Waals surface area contributed by atoms with Crippen LogP contribution in [0, 0.1) is 0 Å². The summed E-state index contributed by atoms with van der Waals surface area (Å²) < 4.78 is 5.17. The molecule has 104 valence electrons. The lowest BCUT2D eigenvalue weighted by molar-refractivity contribution is -0.129. The van der Waals surface area contributed by atoms with Crippen molar-refractivity contribution in [3.8, 4) is 0 Å². The van der Waals surface area contributed by atoms with Gasteiger partial charge in [0, 0.05) is 15.6 Å². The summed E-state index contributed by atoms with van der Waals surface area (Å²) in [5, 5.41) is 1.10. The monoisotopic (exact) mass is 317 g/mol. The standard InChI is InChI=1S/C16H9Cl2NO2/c17-12-6-3-5-11(8-12)15-19-14(16(20)21-15)9-10-4-1-2-7-13(10)18/h1-9H/b14-9-. The van der Waals surface area contributed by atoms with Crippen LogP contribution in [0.3, 0.4) is 0 Å². The molecule has 5 heteroatoms. The van der Waals surface area contributed by atoms with Crippen molar-refractivity contribution in [2.24, 2.45) is 4.99 Å². The summed E-state index contributed by atoms with van der Waals surface area (Å²) in [6.45, 7) is 0. The maximum atomic E-state index is 11.9. The minimum atomic E-state index is -0.509. The zero-order chi connectivity index (χ0) is 14.8. The van der Waals surface area contributed by atoms with Gasteiger partial charge in [0.05, 0.1) is 0 Å². The van der Waals surface area contributed by atoms with Crippen molar-refractivity contribution in [2.75, 3.05) is 0 Å². The van der Waals surface area contributed by atoms with Crippen LogP contribution in [0.4, 0.5) is 0 Å². The first kappa shape index (κ1) is 13.9. The van der Waals surface area contributed by atoms with E-state index in [4.69, 9.17) is 27.9 Å². The minimum absolute atomic E-state index is 0.207. The quantitative estimate of drug-likeness (QED) is 0.610. The number of rotatable bonds is 2. The second kappa shape index (κ2) is 5.72. The molecule has 0 aromatic heterocycles. The molecule has 0 N–H and O–H groups in total. The maximum absolute atomic E-state index is 11.9. The van der Waals surface area contributed by atoms with Gasteiger partial charge in [-0.3, -0.25) is 0 Å². The van der Waals surface area contributed by atoms with Gasteiger partial charge in [-0.1, -0.05) is 47.5 Å². The van der Waals surface area contributed by atoms with Crippen LogP contribution in [0.25, 0.3) is 6.08 Å². The molecule has 2 aromatic rings. The first-order valence-corrected chi connectivity index (χ1v) is 6.92. The molecular weight excluding hydrogens is 309 g/mol. The molecule has 0 atom stereocenters. The fraction of sp³-hybridized carbons (Fsp3) is 0. The van der Waals surface area contributed by atoms with E-state index in [0.29, 0.717) is 21.2 Å². The molecule has 0 radical (unpaired) electrons. The molecule has 0 bridgehead atoms. The number of esters is 1. The SMILES string of the molecule is O=C1OC(c2cccc(Cl)c2)=N/C1=C\c1ccccc1Cl. The summed E-state index contributed by atoms with van der Waals surface area (Å²) in [6.07, 6.45) is 1.60. The number of cyclic esters (lactones) is 1. The van der Waals surface area contributed by atoms with E-state index < -0.39 is 5.97 Å². The Labute approximate surface area is 131 Å². The van der Waals surface area contributed by atoms with Crippen LogP contribution < -0.4 is 0 Å². The number of carbonyl (C=O) groups is 1. The Balaban J connectivity index is 1.98. The number of hydrogen-bond acceptors (Lipinski definition) is 3. The third kappa shape index (κ3) is 2.99. The second-order valence-electron chi connectivity index (χ2n) is 4.37. The van der Waals surface area contributed by atoms with E-state index >= 15 is 0 Å². The van der Waals surface area contributed by atoms with Crippen LogP contribution in [0.5, 0.6) is 0 Å². The molecule has 0 aliphatic carbocycles. The maximum Gasteiger partial charge on any atom is 0.363 e. The van der Waals surface area contributed by atoms with Crippen molar-refractivity contribution in [2.45, 2.75) is 0 Å². The highest BCUT2D eigenvalue weighted by Gasteiger charge is 2.24. The molecule has 3 rings (SSSR count). The van der Waals surface area contributed by atoms with Gasteiger partial charge in [-0.05, 0) is 35.9 Å². The van der Waals surface area contributed by atoms with Crippen LogP contribution in [0.1, 0.15) is 11.1 Å². The Hall–Kier alpha value is -2.10. The van der Waals surface area contributed by atoms with Crippen LogP contribution >= 0.6 is 23.2 Å². The Morgan fingerprint density at radius 3 is 2.62 bits per heavy atom. The third-order valence-electron chi connectivity index (χ3n) is 2.89. The first-order valence-electron chi connectivity index (χ1n) is 6.16. The van der Waals surface area contributed by atoms with Crippen LogP contribution in [0.15, 0.2) is 59.2 Å². The Morgan fingerprint density at radius 1 is 1.05 bits per heavy atom. The van der Waals surface area contributed by atoms with Crippen molar-refractivity contribution in [3.05, 3.63) is 75.4 Å². The van der Waals surface area contributed by atoms with E-state index in [9.17, 15) is 4.79 Å². The Kier molecular flexibility index (Phi) is 3.78. The van der Waals surface area contributed by atoms with E-state index in [1.54, 1.807) is 42.5 Å². The van der Waals surface area contributed by atoms with E-state index in [2.05, 4.69) is 4.99 Å². The smallest absolute Gasteiger partial charge is 0.363 e. The van der Waals surface area contributed by atoms with Gasteiger partial charge in [-0.25, -0.2) is 9.79 Å². The van der Waals surface area contributed by atoms with Crippen molar-refractivity contribution >= 4 is 41.1 Å². The fourth-order valence-electron chi connectivity index (χ4n) is 1.89. The number of carbonyl (C=O) groups excluding carboxylic acids is 1. The Bertz CT molecular complexity index is 781. The molecule has 0 saturated carbocycles. The summed E-state index contributed by atoms with van der Waals surface area (Å²) in [5.41, 5.74) is 1.57. The second-order valence-corrected chi connectivity index (χ2v) is 5.21. The van der Waals surface area contributed by atoms with Crippen LogP contribution in [-0.2, 0) is 9.53 Å². The highest BCUT2D eigenvalue weighted by Crippen LogP contribution is 2.23. The van der Waals surface area contributed by atoms with E-state index in [1.165, 1.54) is 0 Å². The molecule has 2 aromatic carbocycles. The molecule has 1 aliphatic heterocycles. The molecule has 0 amide bonds. The highest BCUT2D eigenvalue weighted by molar-refractivity contribution is 6.32. The molecule has 1 aliphatic rings. The lowest BCUT2D eigenvalue weighted by Crippen LogP contribution is -2.05. The number of aliphatic imine (C=N–C) groups is 1. The van der Waals surface area contributed by atoms with Crippen LogP contribution in [0.2, 0.25) is 10.0 Å². The van der Waals surface area contributed by atoms with Crippen LogP contribution in [-0.4, -0.2) is 11.9 Å². The summed E-state index contributed by atoms with van der Waals surface area (Å²) >= 11 is 12.0. The van der Waals surface area contributed by atoms with Crippen molar-refractivity contribution in [1.29, 1.82) is 0 Å². The normalized spacial score (nSPS) is 16.0. The fourth-order valence-corrected chi connectivity index (χ4v) is 2.27. The van der Waals surface area contributed by atoms with Gasteiger partial charge < -0.3 is 4.74 Å². The number of nitrogens with zero attached hydrogens (tertiary/aromatic N) is 1. The molecule has 21 heavy (non-hydrogen) atoms. The van der Waals surface area contributed by atoms with Gasteiger partial charge in [-0.2, -0.15) is 0 Å². The predicted molar refractivity (Wildman–Crippen MR) is 83.5 cm³/mol. The molecule has 0 fully saturated rings. The molecule has 0 spiro atoms. The molecule has 3 nitrogen and oxygen atoms in total. The Morgan fingerprint density at radius 2 is 1.86 bits per heavy atom. The average Bonchev–Trinajstić information content (AvgIpc) is 2.83.